The Morgan fingerprint density at radius 3 is 2.71 bits per heavy atom. The van der Waals surface area contributed by atoms with Crippen molar-refractivity contribution < 1.29 is 4.74 Å². The number of fused-ring (bicyclic) bond motifs is 1. The van der Waals surface area contributed by atoms with Crippen LogP contribution in [0.5, 0.6) is 5.75 Å². The van der Waals surface area contributed by atoms with Crippen molar-refractivity contribution in [3.63, 3.8) is 0 Å². The van der Waals surface area contributed by atoms with Gasteiger partial charge in [0.1, 0.15) is 41.7 Å². The van der Waals surface area contributed by atoms with Crippen LogP contribution in [0.25, 0.3) is 0 Å². The molecule has 0 amide bonds. The zero-order chi connectivity index (χ0) is 24.2. The zero-order valence-electron chi connectivity index (χ0n) is 19.4. The molecule has 0 spiro atoms. The molecule has 3 unspecified atom stereocenters. The molecule has 1 saturated heterocycles. The van der Waals surface area contributed by atoms with Crippen molar-refractivity contribution in [3.8, 4) is 18.0 Å². The number of rotatable bonds is 5. The number of pyridine rings is 1. The van der Waals surface area contributed by atoms with Crippen molar-refractivity contribution >= 4 is 23.3 Å². The molecule has 176 valence electrons. The first-order valence-electron chi connectivity index (χ1n) is 11.3. The van der Waals surface area contributed by atoms with Gasteiger partial charge < -0.3 is 21.5 Å². The first kappa shape index (κ1) is 23.1. The van der Waals surface area contributed by atoms with Crippen LogP contribution in [0.3, 0.4) is 0 Å². The lowest BCUT2D eigenvalue weighted by molar-refractivity contribution is 0.120. The molecule has 3 heterocycles. The number of anilines is 3. The van der Waals surface area contributed by atoms with Crippen molar-refractivity contribution in [2.24, 2.45) is 16.8 Å². The molecule has 4 rings (SSSR count). The van der Waals surface area contributed by atoms with Crippen molar-refractivity contribution in [2.75, 3.05) is 43.0 Å². The van der Waals surface area contributed by atoms with Crippen LogP contribution in [-0.4, -0.2) is 42.1 Å². The number of benzene rings is 1. The first-order valence-corrected chi connectivity index (χ1v) is 11.3. The predicted molar refractivity (Wildman–Crippen MR) is 131 cm³/mol. The van der Waals surface area contributed by atoms with Crippen LogP contribution in [0, 0.1) is 34.6 Å². The van der Waals surface area contributed by atoms with E-state index in [1.54, 1.807) is 0 Å². The van der Waals surface area contributed by atoms with Gasteiger partial charge in [-0.2, -0.15) is 10.5 Å². The number of hydrogen-bond donors (Lipinski definition) is 4. The fourth-order valence-corrected chi connectivity index (χ4v) is 4.86. The summed E-state index contributed by atoms with van der Waals surface area (Å²) in [5.74, 6) is 2.70. The summed E-state index contributed by atoms with van der Waals surface area (Å²) in [6.45, 7) is 8.23. The quantitative estimate of drug-likeness (QED) is 0.388. The molecule has 0 aliphatic carbocycles. The largest absolute Gasteiger partial charge is 0.492 e. The number of nitrogens with one attached hydrogen (secondary N) is 2. The van der Waals surface area contributed by atoms with Gasteiger partial charge in [0.25, 0.3) is 0 Å². The standard InChI is InChI=1S/C24H29N9O/c1-14-8-15(2)12-33(11-14)6-7-34-17-5-3-4-16(9-17)21-19-20(27)18(10-25)22(28)31-23(19)32-24(30-21)29-13-26/h3-5,9,14-15,21H,6-8,11-12H2,1-2H3,(H6,27,28,29,30,31,32). The van der Waals surface area contributed by atoms with Crippen molar-refractivity contribution in [3.05, 3.63) is 41.0 Å². The molecule has 2 aliphatic rings. The number of nitrogen functional groups attached to an aromatic ring is 2. The Morgan fingerprint density at radius 1 is 1.24 bits per heavy atom. The highest BCUT2D eigenvalue weighted by atomic mass is 16.5. The minimum atomic E-state index is -0.598. The summed E-state index contributed by atoms with van der Waals surface area (Å²) in [4.78, 5) is 11.3. The number of nitriles is 2. The number of hydrogen-bond acceptors (Lipinski definition) is 10. The summed E-state index contributed by atoms with van der Waals surface area (Å²) in [6.07, 6.45) is 3.13. The normalized spacial score (nSPS) is 21.9. The van der Waals surface area contributed by atoms with E-state index in [4.69, 9.17) is 21.5 Å². The third-order valence-corrected chi connectivity index (χ3v) is 6.15. The fraction of sp³-hybridized carbons (Fsp3) is 0.417. The summed E-state index contributed by atoms with van der Waals surface area (Å²) in [7, 11) is 0. The number of piperidine rings is 1. The monoisotopic (exact) mass is 459 g/mol. The molecular weight excluding hydrogens is 430 g/mol. The maximum absolute atomic E-state index is 9.49. The molecule has 10 nitrogen and oxygen atoms in total. The number of nitrogens with zero attached hydrogens (tertiary/aromatic N) is 5. The van der Waals surface area contributed by atoms with Gasteiger partial charge in [0.05, 0.1) is 5.69 Å². The summed E-state index contributed by atoms with van der Waals surface area (Å²) < 4.78 is 6.07. The predicted octanol–water partition coefficient (Wildman–Crippen LogP) is 2.42. The molecule has 2 aromatic rings. The second kappa shape index (κ2) is 9.86. The van der Waals surface area contributed by atoms with Crippen LogP contribution in [0.15, 0.2) is 29.3 Å². The summed E-state index contributed by atoms with van der Waals surface area (Å²) in [5, 5.41) is 24.0. The maximum atomic E-state index is 9.49. The van der Waals surface area contributed by atoms with Gasteiger partial charge in [-0.1, -0.05) is 26.0 Å². The number of likely N-dealkylation sites (tertiary alicyclic amines) is 1. The van der Waals surface area contributed by atoms with Crippen LogP contribution < -0.4 is 26.8 Å². The lowest BCUT2D eigenvalue weighted by atomic mass is 9.92. The summed E-state index contributed by atoms with van der Waals surface area (Å²) in [5.41, 5.74) is 13.9. The number of guanidine groups is 1. The Labute approximate surface area is 199 Å². The highest BCUT2D eigenvalue weighted by Crippen LogP contribution is 2.41. The first-order chi connectivity index (χ1) is 16.4. The Bertz CT molecular complexity index is 1170. The molecule has 2 aliphatic heterocycles. The van der Waals surface area contributed by atoms with E-state index in [-0.39, 0.29) is 23.0 Å². The second-order valence-electron chi connectivity index (χ2n) is 9.03. The van der Waals surface area contributed by atoms with Gasteiger partial charge >= 0.3 is 0 Å². The number of nitrogens with two attached hydrogens (primary N) is 2. The van der Waals surface area contributed by atoms with Gasteiger partial charge in [-0.15, -0.1) is 0 Å². The smallest absolute Gasteiger partial charge is 0.211 e. The van der Waals surface area contributed by atoms with Gasteiger partial charge in [-0.05, 0) is 36.0 Å². The minimum absolute atomic E-state index is 0.0154. The van der Waals surface area contributed by atoms with E-state index in [1.165, 1.54) is 6.42 Å². The van der Waals surface area contributed by atoms with Crippen LogP contribution in [-0.2, 0) is 0 Å². The Kier molecular flexibility index (Phi) is 6.71. The van der Waals surface area contributed by atoms with Crippen LogP contribution in [0.2, 0.25) is 0 Å². The molecule has 10 heteroatoms. The van der Waals surface area contributed by atoms with E-state index in [2.05, 4.69) is 39.4 Å². The lowest BCUT2D eigenvalue weighted by Crippen LogP contribution is -2.40. The van der Waals surface area contributed by atoms with Gasteiger partial charge in [0.15, 0.2) is 6.19 Å². The van der Waals surface area contributed by atoms with E-state index < -0.39 is 6.04 Å². The highest BCUT2D eigenvalue weighted by molar-refractivity contribution is 5.98. The van der Waals surface area contributed by atoms with Crippen molar-refractivity contribution in [2.45, 2.75) is 26.3 Å². The molecular formula is C24H29N9O. The fourth-order valence-electron chi connectivity index (χ4n) is 4.86. The number of aromatic nitrogens is 1. The molecule has 3 atom stereocenters. The van der Waals surface area contributed by atoms with E-state index in [0.29, 0.717) is 35.6 Å². The molecule has 1 aromatic heterocycles. The SMILES string of the molecule is CC1CC(C)CN(CCOc2cccc(C3N=C(NC#N)Nc4nc(N)c(C#N)c(N)c43)c2)C1. The summed E-state index contributed by atoms with van der Waals surface area (Å²) in [6, 6.07) is 9.00. The molecule has 0 bridgehead atoms. The van der Waals surface area contributed by atoms with E-state index in [9.17, 15) is 5.26 Å². The van der Waals surface area contributed by atoms with E-state index in [0.717, 1.165) is 25.2 Å². The minimum Gasteiger partial charge on any atom is -0.492 e. The van der Waals surface area contributed by atoms with E-state index >= 15 is 0 Å². The molecule has 1 aromatic carbocycles. The van der Waals surface area contributed by atoms with Crippen molar-refractivity contribution in [1.29, 1.82) is 10.5 Å². The molecule has 34 heavy (non-hydrogen) atoms. The number of ether oxygens (including phenoxy) is 1. The molecule has 6 N–H and O–H groups in total. The molecule has 0 radical (unpaired) electrons. The zero-order valence-corrected chi connectivity index (χ0v) is 19.4. The molecule has 0 saturated carbocycles. The average Bonchev–Trinajstić information content (AvgIpc) is 2.78. The molecule has 1 fully saturated rings. The Morgan fingerprint density at radius 2 is 2.00 bits per heavy atom. The van der Waals surface area contributed by atoms with Crippen molar-refractivity contribution in [1.82, 2.24) is 15.2 Å². The Balaban J connectivity index is 1.57. The van der Waals surface area contributed by atoms with Crippen LogP contribution in [0.4, 0.5) is 17.3 Å². The maximum Gasteiger partial charge on any atom is 0.211 e. The van der Waals surface area contributed by atoms with Gasteiger partial charge in [-0.25, -0.2) is 9.98 Å². The summed E-state index contributed by atoms with van der Waals surface area (Å²) >= 11 is 0. The second-order valence-corrected chi connectivity index (χ2v) is 9.03. The highest BCUT2D eigenvalue weighted by Gasteiger charge is 2.30. The van der Waals surface area contributed by atoms with Gasteiger partial charge in [0.2, 0.25) is 5.96 Å². The van der Waals surface area contributed by atoms with Gasteiger partial charge in [-0.3, -0.25) is 10.2 Å². The number of aliphatic imine (C=N–C) groups is 1. The van der Waals surface area contributed by atoms with Crippen LogP contribution >= 0.6 is 0 Å². The van der Waals surface area contributed by atoms with E-state index in [1.807, 2.05) is 36.5 Å². The topological polar surface area (TPSA) is 161 Å². The van der Waals surface area contributed by atoms with Crippen LogP contribution in [0.1, 0.15) is 43.0 Å². The average molecular weight is 460 g/mol. The van der Waals surface area contributed by atoms with Gasteiger partial charge in [0, 0.05) is 25.2 Å². The third-order valence-electron chi connectivity index (χ3n) is 6.15. The Hall–Kier alpha value is -4.02. The lowest BCUT2D eigenvalue weighted by Gasteiger charge is -2.34. The third kappa shape index (κ3) is 4.82.